The molecule has 1 saturated carbocycles. The van der Waals surface area contributed by atoms with Crippen LogP contribution in [0.15, 0.2) is 18.2 Å². The monoisotopic (exact) mass is 198 g/mol. The smallest absolute Gasteiger partial charge is 0.128 e. The molecule has 1 aromatic carbocycles. The third-order valence-corrected chi connectivity index (χ3v) is 3.34. The van der Waals surface area contributed by atoms with Gasteiger partial charge in [0.2, 0.25) is 0 Å². The highest BCUT2D eigenvalue weighted by molar-refractivity contribution is 6.31. The molecular weight excluding hydrogens is 187 g/mol. The zero-order valence-electron chi connectivity index (χ0n) is 7.61. The minimum absolute atomic E-state index is 0.0115. The molecule has 0 spiro atoms. The maximum Gasteiger partial charge on any atom is 0.128 e. The molecule has 0 N–H and O–H groups in total. The zero-order chi connectivity index (χ0) is 9.47. The summed E-state index contributed by atoms with van der Waals surface area (Å²) in [4.78, 5) is 0. The van der Waals surface area contributed by atoms with Crippen molar-refractivity contribution < 1.29 is 4.39 Å². The Hall–Kier alpha value is -0.560. The Balaban J connectivity index is 2.49. The highest BCUT2D eigenvalue weighted by Gasteiger charge is 2.37. The minimum atomic E-state index is -0.158. The largest absolute Gasteiger partial charge is 0.207 e. The summed E-state index contributed by atoms with van der Waals surface area (Å²) < 4.78 is 13.5. The molecule has 70 valence electrons. The van der Waals surface area contributed by atoms with Gasteiger partial charge in [0.25, 0.3) is 0 Å². The zero-order valence-corrected chi connectivity index (χ0v) is 8.37. The highest BCUT2D eigenvalue weighted by Crippen LogP contribution is 2.46. The standard InChI is InChI=1S/C11H12ClF/c1-11(6-3-7-11)10-8(12)4-2-5-9(10)13/h2,4-5H,3,6-7H2,1H3. The Bertz CT molecular complexity index is 309. The van der Waals surface area contributed by atoms with Crippen molar-refractivity contribution in [2.75, 3.05) is 0 Å². The van der Waals surface area contributed by atoms with Crippen LogP contribution in [0, 0.1) is 5.82 Å². The van der Waals surface area contributed by atoms with Crippen molar-refractivity contribution in [3.8, 4) is 0 Å². The van der Waals surface area contributed by atoms with Gasteiger partial charge in [-0.25, -0.2) is 4.39 Å². The second-order valence-corrected chi connectivity index (χ2v) is 4.42. The first-order valence-corrected chi connectivity index (χ1v) is 4.96. The summed E-state index contributed by atoms with van der Waals surface area (Å²) in [6, 6.07) is 4.91. The van der Waals surface area contributed by atoms with Crippen LogP contribution >= 0.6 is 11.6 Å². The van der Waals surface area contributed by atoms with E-state index in [4.69, 9.17) is 11.6 Å². The molecule has 0 aliphatic heterocycles. The summed E-state index contributed by atoms with van der Waals surface area (Å²) in [5.41, 5.74) is 0.700. The van der Waals surface area contributed by atoms with Gasteiger partial charge >= 0.3 is 0 Å². The van der Waals surface area contributed by atoms with Crippen molar-refractivity contribution in [2.24, 2.45) is 0 Å². The van der Waals surface area contributed by atoms with Crippen LogP contribution < -0.4 is 0 Å². The summed E-state index contributed by atoms with van der Waals surface area (Å²) in [6.45, 7) is 2.08. The fourth-order valence-electron chi connectivity index (χ4n) is 2.03. The van der Waals surface area contributed by atoms with E-state index in [2.05, 4.69) is 6.92 Å². The van der Waals surface area contributed by atoms with Crippen LogP contribution in [0.4, 0.5) is 4.39 Å². The molecule has 0 aromatic heterocycles. The van der Waals surface area contributed by atoms with Crippen molar-refractivity contribution in [2.45, 2.75) is 31.6 Å². The van der Waals surface area contributed by atoms with Gasteiger partial charge < -0.3 is 0 Å². The maximum atomic E-state index is 13.5. The SMILES string of the molecule is CC1(c2c(F)cccc2Cl)CCC1. The molecule has 0 nitrogen and oxygen atoms in total. The van der Waals surface area contributed by atoms with E-state index in [1.54, 1.807) is 12.1 Å². The van der Waals surface area contributed by atoms with Crippen molar-refractivity contribution in [3.05, 3.63) is 34.6 Å². The molecule has 0 bridgehead atoms. The van der Waals surface area contributed by atoms with Crippen LogP contribution in [-0.4, -0.2) is 0 Å². The van der Waals surface area contributed by atoms with E-state index in [0.717, 1.165) is 12.8 Å². The van der Waals surface area contributed by atoms with Crippen LogP contribution in [0.3, 0.4) is 0 Å². The topological polar surface area (TPSA) is 0 Å². The molecule has 1 aliphatic carbocycles. The van der Waals surface area contributed by atoms with Crippen molar-refractivity contribution >= 4 is 11.6 Å². The van der Waals surface area contributed by atoms with Crippen molar-refractivity contribution in [1.82, 2.24) is 0 Å². The number of rotatable bonds is 1. The lowest BCUT2D eigenvalue weighted by Gasteiger charge is -2.39. The molecule has 1 fully saturated rings. The molecule has 0 unspecified atom stereocenters. The predicted molar refractivity (Wildman–Crippen MR) is 52.6 cm³/mol. The van der Waals surface area contributed by atoms with Gasteiger partial charge in [-0.2, -0.15) is 0 Å². The van der Waals surface area contributed by atoms with Gasteiger partial charge in [-0.05, 0) is 30.4 Å². The van der Waals surface area contributed by atoms with Gasteiger partial charge in [0, 0.05) is 10.6 Å². The van der Waals surface area contributed by atoms with Gasteiger partial charge in [-0.3, -0.25) is 0 Å². The third kappa shape index (κ3) is 1.35. The second kappa shape index (κ2) is 2.98. The number of hydrogen-bond donors (Lipinski definition) is 0. The van der Waals surface area contributed by atoms with Gasteiger partial charge in [-0.15, -0.1) is 0 Å². The molecule has 1 aliphatic rings. The normalized spacial score (nSPS) is 19.6. The fourth-order valence-corrected chi connectivity index (χ4v) is 2.42. The minimum Gasteiger partial charge on any atom is -0.207 e. The second-order valence-electron chi connectivity index (χ2n) is 4.01. The predicted octanol–water partition coefficient (Wildman–Crippen LogP) is 3.92. The molecule has 2 heteroatoms. The van der Waals surface area contributed by atoms with Gasteiger partial charge in [0.15, 0.2) is 0 Å². The quantitative estimate of drug-likeness (QED) is 0.642. The first-order valence-electron chi connectivity index (χ1n) is 4.58. The summed E-state index contributed by atoms with van der Waals surface area (Å²) in [5, 5.41) is 0.571. The maximum absolute atomic E-state index is 13.5. The number of hydrogen-bond acceptors (Lipinski definition) is 0. The van der Waals surface area contributed by atoms with E-state index in [1.807, 2.05) is 0 Å². The lowest BCUT2D eigenvalue weighted by molar-refractivity contribution is 0.263. The highest BCUT2D eigenvalue weighted by atomic mass is 35.5. The first kappa shape index (κ1) is 9.01. The molecular formula is C11H12ClF. The Kier molecular flexibility index (Phi) is 2.07. The van der Waals surface area contributed by atoms with E-state index >= 15 is 0 Å². The van der Waals surface area contributed by atoms with Crippen LogP contribution in [0.2, 0.25) is 5.02 Å². The van der Waals surface area contributed by atoms with Gasteiger partial charge in [-0.1, -0.05) is 31.0 Å². The Morgan fingerprint density at radius 1 is 1.38 bits per heavy atom. The van der Waals surface area contributed by atoms with Crippen LogP contribution in [0.5, 0.6) is 0 Å². The van der Waals surface area contributed by atoms with Crippen molar-refractivity contribution in [3.63, 3.8) is 0 Å². The van der Waals surface area contributed by atoms with E-state index in [0.29, 0.717) is 10.6 Å². The average Bonchev–Trinajstić information content (AvgIpc) is 2.01. The van der Waals surface area contributed by atoms with E-state index in [1.165, 1.54) is 12.5 Å². The lowest BCUT2D eigenvalue weighted by Crippen LogP contribution is -2.31. The van der Waals surface area contributed by atoms with Crippen LogP contribution in [-0.2, 0) is 5.41 Å². The van der Waals surface area contributed by atoms with Crippen molar-refractivity contribution in [1.29, 1.82) is 0 Å². The summed E-state index contributed by atoms with van der Waals surface area (Å²) >= 11 is 5.99. The third-order valence-electron chi connectivity index (χ3n) is 3.02. The molecule has 0 saturated heterocycles. The Labute approximate surface area is 82.7 Å². The molecule has 0 radical (unpaired) electrons. The molecule has 0 atom stereocenters. The molecule has 2 rings (SSSR count). The molecule has 0 amide bonds. The molecule has 0 heterocycles. The summed E-state index contributed by atoms with van der Waals surface area (Å²) in [7, 11) is 0. The van der Waals surface area contributed by atoms with Crippen LogP contribution in [0.25, 0.3) is 0 Å². The summed E-state index contributed by atoms with van der Waals surface area (Å²) in [6.07, 6.45) is 3.28. The first-order chi connectivity index (χ1) is 6.13. The van der Waals surface area contributed by atoms with Gasteiger partial charge in [0.05, 0.1) is 0 Å². The number of benzene rings is 1. The van der Waals surface area contributed by atoms with E-state index in [-0.39, 0.29) is 11.2 Å². The van der Waals surface area contributed by atoms with E-state index < -0.39 is 0 Å². The van der Waals surface area contributed by atoms with Gasteiger partial charge in [0.1, 0.15) is 5.82 Å². The Morgan fingerprint density at radius 3 is 2.54 bits per heavy atom. The molecule has 13 heavy (non-hydrogen) atoms. The van der Waals surface area contributed by atoms with Crippen LogP contribution in [0.1, 0.15) is 31.7 Å². The van der Waals surface area contributed by atoms with E-state index in [9.17, 15) is 4.39 Å². The fraction of sp³-hybridized carbons (Fsp3) is 0.455. The Morgan fingerprint density at radius 2 is 2.08 bits per heavy atom. The lowest BCUT2D eigenvalue weighted by atomic mass is 9.66. The average molecular weight is 199 g/mol. The molecule has 1 aromatic rings. The summed E-state index contributed by atoms with van der Waals surface area (Å²) in [5.74, 6) is -0.158. The number of halogens is 2.